The summed E-state index contributed by atoms with van der Waals surface area (Å²) in [5, 5.41) is 7.42. The van der Waals surface area contributed by atoms with Crippen LogP contribution in [0.5, 0.6) is 0 Å². The van der Waals surface area contributed by atoms with Crippen molar-refractivity contribution in [2.24, 2.45) is 0 Å². The molecule has 2 N–H and O–H groups in total. The molecule has 1 aliphatic rings. The van der Waals surface area contributed by atoms with Gasteiger partial charge in [-0.1, -0.05) is 24.6 Å². The number of nitrogens with zero attached hydrogens (tertiary/aromatic N) is 2. The van der Waals surface area contributed by atoms with Crippen molar-refractivity contribution in [3.8, 4) is 5.00 Å². The number of urea groups is 1. The molecule has 0 fully saturated rings. The number of benzene rings is 1. The number of carbonyl (C=O) groups is 1. The summed E-state index contributed by atoms with van der Waals surface area (Å²) in [6, 6.07) is 11.8. The van der Waals surface area contributed by atoms with Crippen LogP contribution < -0.4 is 10.6 Å². The molecule has 1 atom stereocenters. The highest BCUT2D eigenvalue weighted by Gasteiger charge is 2.28. The molecule has 152 valence electrons. The zero-order valence-corrected chi connectivity index (χ0v) is 18.1. The summed E-state index contributed by atoms with van der Waals surface area (Å²) in [5.41, 5.74) is 4.67. The van der Waals surface area contributed by atoms with Gasteiger partial charge in [0.05, 0.1) is 6.04 Å². The number of fused-ring (bicyclic) bond motifs is 1. The largest absolute Gasteiger partial charge is 0.331 e. The SMILES string of the molecule is CC[C@@H](NC(=O)Nc1ccc(C)cc1)c1c(-n2cccc2)sc2c1CCN(C)C2. The van der Waals surface area contributed by atoms with E-state index in [1.165, 1.54) is 26.6 Å². The van der Waals surface area contributed by atoms with Crippen molar-refractivity contribution in [1.29, 1.82) is 0 Å². The summed E-state index contributed by atoms with van der Waals surface area (Å²) < 4.78 is 2.18. The zero-order chi connectivity index (χ0) is 20.4. The predicted molar refractivity (Wildman–Crippen MR) is 120 cm³/mol. The summed E-state index contributed by atoms with van der Waals surface area (Å²) in [7, 11) is 2.17. The van der Waals surface area contributed by atoms with E-state index in [-0.39, 0.29) is 12.1 Å². The van der Waals surface area contributed by atoms with Gasteiger partial charge in [-0.2, -0.15) is 0 Å². The first kappa shape index (κ1) is 19.7. The molecule has 0 saturated carbocycles. The highest BCUT2D eigenvalue weighted by atomic mass is 32.1. The van der Waals surface area contributed by atoms with Crippen molar-refractivity contribution in [2.45, 2.75) is 39.3 Å². The highest BCUT2D eigenvalue weighted by Crippen LogP contribution is 2.40. The summed E-state index contributed by atoms with van der Waals surface area (Å²) in [5.74, 6) is 0. The lowest BCUT2D eigenvalue weighted by Gasteiger charge is -2.25. The van der Waals surface area contributed by atoms with E-state index in [1.807, 2.05) is 54.7 Å². The number of aryl methyl sites for hydroxylation is 1. The van der Waals surface area contributed by atoms with Crippen LogP contribution in [0.15, 0.2) is 48.8 Å². The number of rotatable bonds is 5. The van der Waals surface area contributed by atoms with Crippen LogP contribution in [0.3, 0.4) is 0 Å². The summed E-state index contributed by atoms with van der Waals surface area (Å²) in [6.45, 7) is 6.19. The van der Waals surface area contributed by atoms with Crippen LogP contribution in [0.1, 0.15) is 41.0 Å². The number of thiophene rings is 1. The highest BCUT2D eigenvalue weighted by molar-refractivity contribution is 7.15. The second kappa shape index (κ2) is 8.43. The van der Waals surface area contributed by atoms with Gasteiger partial charge < -0.3 is 20.1 Å². The molecular weight excluding hydrogens is 380 g/mol. The zero-order valence-electron chi connectivity index (χ0n) is 17.2. The Hall–Kier alpha value is -2.57. The molecule has 5 nitrogen and oxygen atoms in total. The molecule has 0 aliphatic carbocycles. The van der Waals surface area contributed by atoms with Crippen molar-refractivity contribution in [2.75, 3.05) is 18.9 Å². The van der Waals surface area contributed by atoms with Crippen LogP contribution in [0, 0.1) is 6.92 Å². The molecule has 3 heterocycles. The molecule has 1 aromatic carbocycles. The summed E-state index contributed by atoms with van der Waals surface area (Å²) >= 11 is 1.85. The smallest absolute Gasteiger partial charge is 0.319 e. The molecule has 4 rings (SSSR count). The van der Waals surface area contributed by atoms with Crippen molar-refractivity contribution >= 4 is 23.1 Å². The van der Waals surface area contributed by atoms with Gasteiger partial charge in [0.2, 0.25) is 0 Å². The van der Waals surface area contributed by atoms with E-state index in [9.17, 15) is 4.79 Å². The van der Waals surface area contributed by atoms with Crippen molar-refractivity contribution in [3.05, 3.63) is 70.4 Å². The van der Waals surface area contributed by atoms with Crippen LogP contribution in [0.4, 0.5) is 10.5 Å². The molecule has 0 spiro atoms. The minimum Gasteiger partial charge on any atom is -0.331 e. The number of amides is 2. The summed E-state index contributed by atoms with van der Waals surface area (Å²) in [6.07, 6.45) is 6.04. The Balaban J connectivity index is 1.62. The molecule has 0 radical (unpaired) electrons. The third-order valence-electron chi connectivity index (χ3n) is 5.48. The van der Waals surface area contributed by atoms with E-state index in [2.05, 4.69) is 46.5 Å². The molecule has 2 amide bonds. The number of hydrogen-bond acceptors (Lipinski definition) is 3. The number of anilines is 1. The van der Waals surface area contributed by atoms with Gasteiger partial charge in [-0.05, 0) is 56.6 Å². The maximum atomic E-state index is 12.7. The van der Waals surface area contributed by atoms with E-state index >= 15 is 0 Å². The van der Waals surface area contributed by atoms with Crippen LogP contribution in [-0.4, -0.2) is 29.1 Å². The maximum absolute atomic E-state index is 12.7. The van der Waals surface area contributed by atoms with Gasteiger partial charge in [0.25, 0.3) is 0 Å². The third-order valence-corrected chi connectivity index (χ3v) is 6.73. The fraction of sp³-hybridized carbons (Fsp3) is 0.348. The fourth-order valence-corrected chi connectivity index (χ4v) is 5.36. The van der Waals surface area contributed by atoms with E-state index in [0.717, 1.165) is 31.6 Å². The third kappa shape index (κ3) is 4.23. The van der Waals surface area contributed by atoms with Crippen molar-refractivity contribution in [3.63, 3.8) is 0 Å². The maximum Gasteiger partial charge on any atom is 0.319 e. The van der Waals surface area contributed by atoms with Crippen LogP contribution in [0.25, 0.3) is 5.00 Å². The average Bonchev–Trinajstić information content (AvgIpc) is 3.35. The quantitative estimate of drug-likeness (QED) is 0.616. The molecule has 29 heavy (non-hydrogen) atoms. The van der Waals surface area contributed by atoms with Gasteiger partial charge in [-0.25, -0.2) is 4.79 Å². The lowest BCUT2D eigenvalue weighted by Crippen LogP contribution is -2.34. The first-order valence-corrected chi connectivity index (χ1v) is 11.0. The average molecular weight is 409 g/mol. The Bertz CT molecular complexity index is 975. The molecule has 0 saturated heterocycles. The molecule has 3 aromatic rings. The molecule has 2 aromatic heterocycles. The predicted octanol–water partition coefficient (Wildman–Crippen LogP) is 5.11. The van der Waals surface area contributed by atoms with Gasteiger partial charge in [0, 0.05) is 41.6 Å². The lowest BCUT2D eigenvalue weighted by molar-refractivity contribution is 0.248. The number of carbonyl (C=O) groups excluding carboxylic acids is 1. The minimum atomic E-state index is -0.160. The molecule has 0 unspecified atom stereocenters. The Labute approximate surface area is 176 Å². The molecule has 6 heteroatoms. The fourth-order valence-electron chi connectivity index (χ4n) is 3.90. The first-order chi connectivity index (χ1) is 14.0. The van der Waals surface area contributed by atoms with Gasteiger partial charge in [0.15, 0.2) is 0 Å². The molecule has 0 bridgehead atoms. The van der Waals surface area contributed by atoms with Gasteiger partial charge in [-0.15, -0.1) is 11.3 Å². The Kier molecular flexibility index (Phi) is 5.74. The van der Waals surface area contributed by atoms with Crippen molar-refractivity contribution < 1.29 is 4.79 Å². The lowest BCUT2D eigenvalue weighted by atomic mass is 9.96. The minimum absolute atomic E-state index is 0.0266. The van der Waals surface area contributed by atoms with Crippen molar-refractivity contribution in [1.82, 2.24) is 14.8 Å². The van der Waals surface area contributed by atoms with E-state index < -0.39 is 0 Å². The number of hydrogen-bond donors (Lipinski definition) is 2. The van der Waals surface area contributed by atoms with E-state index in [4.69, 9.17) is 0 Å². The Morgan fingerprint density at radius 3 is 2.62 bits per heavy atom. The van der Waals surface area contributed by atoms with Gasteiger partial charge in [-0.3, -0.25) is 0 Å². The molecule has 1 aliphatic heterocycles. The topological polar surface area (TPSA) is 49.3 Å². The normalized spacial score (nSPS) is 15.0. The van der Waals surface area contributed by atoms with E-state index in [0.29, 0.717) is 0 Å². The van der Waals surface area contributed by atoms with Crippen LogP contribution in [-0.2, 0) is 13.0 Å². The number of nitrogens with one attached hydrogen (secondary N) is 2. The monoisotopic (exact) mass is 408 g/mol. The number of likely N-dealkylation sites (N-methyl/N-ethyl adjacent to an activating group) is 1. The standard InChI is InChI=1S/C23H28N4OS/c1-4-19(25-23(28)24-17-9-7-16(2)8-10-17)21-18-11-14-26(3)15-20(18)29-22(21)27-12-5-6-13-27/h5-10,12-13,19H,4,11,14-15H2,1-3H3,(H2,24,25,28)/t19-/m1/s1. The molecular formula is C23H28N4OS. The second-order valence-corrected chi connectivity index (χ2v) is 8.81. The van der Waals surface area contributed by atoms with Gasteiger partial charge >= 0.3 is 6.03 Å². The number of aromatic nitrogens is 1. The van der Waals surface area contributed by atoms with Crippen LogP contribution in [0.2, 0.25) is 0 Å². The Morgan fingerprint density at radius 2 is 1.93 bits per heavy atom. The first-order valence-electron chi connectivity index (χ1n) is 10.2. The summed E-state index contributed by atoms with van der Waals surface area (Å²) in [4.78, 5) is 16.5. The Morgan fingerprint density at radius 1 is 1.21 bits per heavy atom. The van der Waals surface area contributed by atoms with E-state index in [1.54, 1.807) is 0 Å². The van der Waals surface area contributed by atoms with Crippen LogP contribution >= 0.6 is 11.3 Å². The van der Waals surface area contributed by atoms with Gasteiger partial charge in [0.1, 0.15) is 5.00 Å². The second-order valence-electron chi connectivity index (χ2n) is 7.73.